The summed E-state index contributed by atoms with van der Waals surface area (Å²) in [6, 6.07) is 0.000861. The van der Waals surface area contributed by atoms with Crippen molar-refractivity contribution in [2.24, 2.45) is 23.7 Å². The highest BCUT2D eigenvalue weighted by molar-refractivity contribution is 14.1. The van der Waals surface area contributed by atoms with Crippen LogP contribution in [0.4, 0.5) is 0 Å². The van der Waals surface area contributed by atoms with Crippen molar-refractivity contribution in [1.82, 2.24) is 5.32 Å². The highest BCUT2D eigenvalue weighted by Gasteiger charge is 2.40. The molecule has 0 unspecified atom stereocenters. The van der Waals surface area contributed by atoms with Crippen LogP contribution in [0, 0.1) is 23.7 Å². The second kappa shape index (κ2) is 12.8. The van der Waals surface area contributed by atoms with Gasteiger partial charge in [-0.25, -0.2) is 4.79 Å². The lowest BCUT2D eigenvalue weighted by Gasteiger charge is -2.40. The molecule has 0 aromatic heterocycles. The zero-order valence-corrected chi connectivity index (χ0v) is 24.4. The first-order valence-electron chi connectivity index (χ1n) is 12.4. The molecule has 9 atom stereocenters. The van der Waals surface area contributed by atoms with Crippen molar-refractivity contribution >= 4 is 40.1 Å². The molecule has 1 N–H and O–H groups in total. The maximum atomic E-state index is 13.4. The molecule has 36 heavy (non-hydrogen) atoms. The Morgan fingerprint density at radius 3 is 2.11 bits per heavy atom. The van der Waals surface area contributed by atoms with E-state index in [1.807, 2.05) is 50.4 Å². The Morgan fingerprint density at radius 2 is 1.53 bits per heavy atom. The minimum atomic E-state index is -0.804. The van der Waals surface area contributed by atoms with E-state index >= 15 is 0 Å². The Morgan fingerprint density at radius 1 is 0.917 bits per heavy atom. The van der Waals surface area contributed by atoms with Gasteiger partial charge in [0, 0.05) is 29.4 Å². The second-order valence-electron chi connectivity index (χ2n) is 10.2. The summed E-state index contributed by atoms with van der Waals surface area (Å²) in [6.45, 7) is 25.1. The lowest BCUT2D eigenvalue weighted by atomic mass is 9.80. The van der Waals surface area contributed by atoms with Crippen molar-refractivity contribution in [3.63, 3.8) is 0 Å². The van der Waals surface area contributed by atoms with Crippen molar-refractivity contribution in [1.29, 1.82) is 0 Å². The summed E-state index contributed by atoms with van der Waals surface area (Å²) in [5.74, 6) is -3.14. The molecule has 2 saturated heterocycles. The van der Waals surface area contributed by atoms with Gasteiger partial charge in [-0.2, -0.15) is 0 Å². The molecule has 0 spiro atoms. The number of ketones is 2. The van der Waals surface area contributed by atoms with Crippen molar-refractivity contribution in [2.75, 3.05) is 7.05 Å². The Bertz CT molecular complexity index is 942. The first-order valence-corrected chi connectivity index (χ1v) is 13.6. The van der Waals surface area contributed by atoms with Gasteiger partial charge < -0.3 is 19.5 Å². The van der Waals surface area contributed by atoms with Crippen LogP contribution >= 0.6 is 22.6 Å². The van der Waals surface area contributed by atoms with E-state index in [4.69, 9.17) is 14.2 Å². The minimum absolute atomic E-state index is 0.000861. The number of allylic oxidation sites excluding steroid dienone is 1. The van der Waals surface area contributed by atoms with Crippen molar-refractivity contribution in [2.45, 2.75) is 76.1 Å². The largest absolute Gasteiger partial charge is 0.447 e. The fraction of sp³-hybridized carbons (Fsp3) is 0.607. The first kappa shape index (κ1) is 30.6. The van der Waals surface area contributed by atoms with Crippen LogP contribution in [-0.4, -0.2) is 53.2 Å². The monoisotopic (exact) mass is 613 g/mol. The summed E-state index contributed by atoms with van der Waals surface area (Å²) in [4.78, 5) is 39.4. The van der Waals surface area contributed by atoms with Crippen molar-refractivity contribution in [3.8, 4) is 0 Å². The zero-order valence-electron chi connectivity index (χ0n) is 22.3. The Labute approximate surface area is 228 Å². The van der Waals surface area contributed by atoms with Gasteiger partial charge in [0.25, 0.3) is 0 Å². The van der Waals surface area contributed by atoms with E-state index < -0.39 is 34.2 Å². The molecule has 0 saturated carbocycles. The average molecular weight is 614 g/mol. The van der Waals surface area contributed by atoms with Crippen LogP contribution in [-0.2, 0) is 28.6 Å². The van der Waals surface area contributed by atoms with Gasteiger partial charge in [0.2, 0.25) is 0 Å². The predicted molar refractivity (Wildman–Crippen MR) is 148 cm³/mol. The quantitative estimate of drug-likeness (QED) is 0.123. The molecule has 8 heteroatoms. The Kier molecular flexibility index (Phi) is 10.8. The normalized spacial score (nSPS) is 38.1. The molecule has 2 rings (SSSR count). The van der Waals surface area contributed by atoms with Crippen LogP contribution in [0.2, 0.25) is 0 Å². The third kappa shape index (κ3) is 6.82. The van der Waals surface area contributed by atoms with Gasteiger partial charge in [0.15, 0.2) is 22.0 Å². The molecule has 0 bridgehead atoms. The summed E-state index contributed by atoms with van der Waals surface area (Å²) >= 11 is 1.96. The van der Waals surface area contributed by atoms with Gasteiger partial charge in [-0.1, -0.05) is 54.0 Å². The van der Waals surface area contributed by atoms with E-state index in [-0.39, 0.29) is 41.3 Å². The molecule has 0 radical (unpaired) electrons. The SMILES string of the molecule is C=C1C(=C)[C@@H](C)[C@@H](I)OC(=O)C(=C)C(=O)[C@H](C)[C@@H](O[C@@H]2O[C@H](C)C[C@H](NC)C2=C)[C@@H](C)C[C@@H](C)C1=O. The second-order valence-corrected chi connectivity index (χ2v) is 11.4. The van der Waals surface area contributed by atoms with E-state index in [0.29, 0.717) is 17.6 Å². The predicted octanol–water partition coefficient (Wildman–Crippen LogP) is 4.71. The highest BCUT2D eigenvalue weighted by atomic mass is 127. The van der Waals surface area contributed by atoms with Gasteiger partial charge in [0.1, 0.15) is 0 Å². The summed E-state index contributed by atoms with van der Waals surface area (Å²) in [7, 11) is 1.85. The number of cyclic esters (lactones) is 1. The summed E-state index contributed by atoms with van der Waals surface area (Å²) in [5.41, 5.74) is 1.30. The number of alkyl halides is 1. The van der Waals surface area contributed by atoms with Crippen LogP contribution < -0.4 is 5.32 Å². The number of carbonyl (C=O) groups excluding carboxylic acids is 3. The number of hydrogen-bond acceptors (Lipinski definition) is 7. The third-order valence-corrected chi connectivity index (χ3v) is 8.67. The van der Waals surface area contributed by atoms with E-state index in [2.05, 4.69) is 31.6 Å². The number of rotatable bonds is 3. The van der Waals surface area contributed by atoms with E-state index in [1.165, 1.54) is 0 Å². The molecule has 2 aliphatic heterocycles. The fourth-order valence-electron chi connectivity index (χ4n) is 4.80. The number of carbonyl (C=O) groups is 3. The van der Waals surface area contributed by atoms with Crippen LogP contribution in [0.3, 0.4) is 0 Å². The fourth-order valence-corrected chi connectivity index (χ4v) is 5.46. The maximum Gasteiger partial charge on any atom is 0.342 e. The maximum absolute atomic E-state index is 13.4. The topological polar surface area (TPSA) is 90.9 Å². The molecule has 7 nitrogen and oxygen atoms in total. The average Bonchev–Trinajstić information content (AvgIpc) is 2.84. The molecule has 2 fully saturated rings. The Hall–Kier alpha value is -1.62. The minimum Gasteiger partial charge on any atom is -0.447 e. The number of halogens is 1. The van der Waals surface area contributed by atoms with Crippen LogP contribution in [0.1, 0.15) is 47.5 Å². The van der Waals surface area contributed by atoms with Crippen LogP contribution in [0.15, 0.2) is 48.6 Å². The summed E-state index contributed by atoms with van der Waals surface area (Å²) in [6.07, 6.45) is -0.305. The van der Waals surface area contributed by atoms with E-state index in [9.17, 15) is 14.4 Å². The van der Waals surface area contributed by atoms with Crippen LogP contribution in [0.25, 0.3) is 0 Å². The molecule has 0 amide bonds. The molecular weight excluding hydrogens is 573 g/mol. The van der Waals surface area contributed by atoms with E-state index in [0.717, 1.165) is 12.0 Å². The molecule has 0 aromatic carbocycles. The van der Waals surface area contributed by atoms with Gasteiger partial charge in [-0.15, -0.1) is 0 Å². The van der Waals surface area contributed by atoms with Gasteiger partial charge in [-0.3, -0.25) is 9.59 Å². The first-order chi connectivity index (χ1) is 16.7. The van der Waals surface area contributed by atoms with E-state index in [1.54, 1.807) is 13.8 Å². The molecular formula is C28H40INO6. The lowest BCUT2D eigenvalue weighted by molar-refractivity contribution is -0.206. The number of ether oxygens (including phenoxy) is 3. The standard InChI is InChI=1S/C28H40INO6/c1-13-11-14(2)25(35-28-19(7)22(30-10)12-15(3)34-28)20(8)24(32)21(9)27(33)36-26(29)18(6)16(4)17(5)23(13)31/h13-15,18,20,22,25-26,28,30H,4-5,7,9,11-12H2,1-3,6,8,10H3/t13-,14+,15-,18-,20+,22+,25+,26+,28+/m1/s1. The molecule has 2 aliphatic rings. The van der Waals surface area contributed by atoms with Gasteiger partial charge in [0.05, 0.1) is 17.8 Å². The molecule has 0 aliphatic carbocycles. The third-order valence-electron chi connectivity index (χ3n) is 7.33. The van der Waals surface area contributed by atoms with Crippen molar-refractivity contribution in [3.05, 3.63) is 48.6 Å². The molecule has 2 heterocycles. The number of hydrogen-bond donors (Lipinski definition) is 1. The molecule has 0 aromatic rings. The Balaban J connectivity index is 2.45. The van der Waals surface area contributed by atoms with Crippen molar-refractivity contribution < 1.29 is 28.6 Å². The highest BCUT2D eigenvalue weighted by Crippen LogP contribution is 2.35. The smallest absolute Gasteiger partial charge is 0.342 e. The number of likely N-dealkylation sites (N-methyl/N-ethyl adjacent to an activating group) is 1. The summed E-state index contributed by atoms with van der Waals surface area (Å²) < 4.78 is 17.3. The number of esters is 1. The van der Waals surface area contributed by atoms with Gasteiger partial charge in [-0.05, 0) is 66.5 Å². The zero-order chi connectivity index (χ0) is 27.5. The number of nitrogens with one attached hydrogen (secondary N) is 1. The summed E-state index contributed by atoms with van der Waals surface area (Å²) in [5, 5.41) is 3.23. The molecule has 200 valence electrons. The lowest BCUT2D eigenvalue weighted by Crippen LogP contribution is -2.47. The van der Waals surface area contributed by atoms with Gasteiger partial charge >= 0.3 is 5.97 Å². The van der Waals surface area contributed by atoms with Crippen LogP contribution in [0.5, 0.6) is 0 Å². The number of Topliss-reactive ketones (excluding diaryl/α,β-unsaturated/α-hetero) is 2.